The third kappa shape index (κ3) is 13.3. The first-order valence-electron chi connectivity index (χ1n) is 38.0. The first kappa shape index (κ1) is 77.8. The first-order valence-corrected chi connectivity index (χ1v) is 38.0. The summed E-state index contributed by atoms with van der Waals surface area (Å²) in [4.78, 5) is 242. The number of hydrogen-bond acceptors (Lipinski definition) is 26. The highest BCUT2D eigenvalue weighted by Gasteiger charge is 2.74. The van der Waals surface area contributed by atoms with Crippen LogP contribution in [0.1, 0.15) is 77.0 Å². The number of piperidine rings is 4. The van der Waals surface area contributed by atoms with Gasteiger partial charge in [0.1, 0.15) is 102 Å². The van der Waals surface area contributed by atoms with E-state index in [9.17, 15) is 106 Å². The normalized spacial score (nSPS) is 34.8. The average Bonchev–Trinajstić information content (AvgIpc) is 1.51. The molecule has 40 nitrogen and oxygen atoms in total. The van der Waals surface area contributed by atoms with E-state index in [0.717, 1.165) is 20.9 Å². The van der Waals surface area contributed by atoms with Gasteiger partial charge >= 0.3 is 23.9 Å². The molecular formula is C78H70N10O30. The van der Waals surface area contributed by atoms with Crippen LogP contribution in [0.2, 0.25) is 0 Å². The maximum absolute atomic E-state index is 12.5. The Hall–Kier alpha value is -12.8. The number of fused-ring (bicyclic) bond motifs is 6. The fourth-order valence-electron chi connectivity index (χ4n) is 17.8. The molecule has 612 valence electrons. The van der Waals surface area contributed by atoms with Gasteiger partial charge in [-0.3, -0.25) is 117 Å². The van der Waals surface area contributed by atoms with Gasteiger partial charge in [-0.05, 0) is 49.7 Å². The number of rotatable bonds is 14. The number of epoxide rings is 6. The van der Waals surface area contributed by atoms with Crippen molar-refractivity contribution in [2.75, 3.05) is 26.2 Å². The van der Waals surface area contributed by atoms with E-state index >= 15 is 0 Å². The molecule has 16 heterocycles. The first-order chi connectivity index (χ1) is 56.3. The number of carbonyl (C=O) groups excluding carboxylic acids is 16. The third-order valence-corrected chi connectivity index (χ3v) is 24.1. The van der Waals surface area contributed by atoms with E-state index in [4.69, 9.17) is 38.6 Å². The summed E-state index contributed by atoms with van der Waals surface area (Å²) in [5.74, 6) is -10.8. The van der Waals surface area contributed by atoms with Crippen molar-refractivity contribution < 1.29 is 145 Å². The van der Waals surface area contributed by atoms with Crippen molar-refractivity contribution >= 4 is 118 Å². The molecule has 16 aliphatic heterocycles. The van der Waals surface area contributed by atoms with Crippen LogP contribution in [0, 0.1) is 0 Å². The lowest BCUT2D eigenvalue weighted by molar-refractivity contribution is -0.151. The maximum atomic E-state index is 12.5. The summed E-state index contributed by atoms with van der Waals surface area (Å²) in [6.45, 7) is 1.21. The van der Waals surface area contributed by atoms with Crippen molar-refractivity contribution in [1.29, 1.82) is 0 Å². The average molecular weight is 1630 g/mol. The van der Waals surface area contributed by atoms with Gasteiger partial charge in [-0.25, -0.2) is 9.59 Å². The van der Waals surface area contributed by atoms with Crippen LogP contribution in [0.5, 0.6) is 0 Å². The minimum absolute atomic E-state index is 0.0319. The lowest BCUT2D eigenvalue weighted by atomic mass is 9.93. The van der Waals surface area contributed by atoms with Crippen molar-refractivity contribution in [2.45, 2.75) is 185 Å². The van der Waals surface area contributed by atoms with Gasteiger partial charge in [0.05, 0.1) is 52.1 Å². The van der Waals surface area contributed by atoms with Crippen LogP contribution >= 0.6 is 0 Å². The number of likely N-dealkylation sites (tertiary alicyclic amines) is 3. The molecule has 13 saturated heterocycles. The molecule has 0 aromatic rings. The number of carboxylic acids is 4. The van der Waals surface area contributed by atoms with Gasteiger partial charge in [0.25, 0.3) is 47.3 Å². The molecule has 13 fully saturated rings. The summed E-state index contributed by atoms with van der Waals surface area (Å²) in [7, 11) is 0. The van der Waals surface area contributed by atoms with Gasteiger partial charge < -0.3 is 68.4 Å². The Morgan fingerprint density at radius 2 is 0.847 bits per heavy atom. The molecule has 8 N–H and O–H groups in total. The standard InChI is InChI=1S/2C13H10N2O5.2C13H12N2O4.2C13H13NO6/c16-8-4-2-6(11(17)14-8)15-12(18)5-1-3-7-10(20-7)9(5)13(15)19;16-9-5-4-7(10(17)14-9)15-11(18)6-2-1-3-8-13(6,20-8)12(15)19;16-9-4-2-7(12(17)14-9)15-5-6-1-3-8-11(19-8)10(6)13(15)18;16-10-5-4-8(11(17)14-10)15-6-13-7(12(15)18)2-1-3-9(13)19-13;15-9(16)4-2-7(13(18)19)14-5-6-1-3-8-11(20-8)10(6)12(14)17;15-10(16)5-4-8(12(18)19)14-6-13-7(11(14)17)2-1-3-9(13)20-13/h1,3,6-7,10H,2,4H2,(H,14,16,17);1-3,7-8H,4-5H2,(H,14,16,17);1,3,7-8,11H,2,4-5H2,(H,14,16,17);1-3,8-9H,4-6H2,(H,14,16,17);1,3,7-8,11H,2,4-5H2,(H,15,16)(H,18,19);1-3,8-9H,4-6H2,(H,15,16)(H,18,19). The Bertz CT molecular complexity index is 5200. The van der Waals surface area contributed by atoms with Crippen LogP contribution in [0.15, 0.2) is 141 Å². The van der Waals surface area contributed by atoms with Crippen LogP contribution < -0.4 is 21.3 Å². The van der Waals surface area contributed by atoms with Gasteiger partial charge in [-0.2, -0.15) is 0 Å². The van der Waals surface area contributed by atoms with E-state index in [0.29, 0.717) is 59.4 Å². The van der Waals surface area contributed by atoms with Gasteiger partial charge in [0.15, 0.2) is 0 Å². The Balaban J connectivity index is 0.000000101. The molecule has 16 amide bonds. The predicted octanol–water partition coefficient (Wildman–Crippen LogP) is -4.32. The number of hydrogen-bond donors (Lipinski definition) is 8. The fourth-order valence-corrected chi connectivity index (χ4v) is 17.8. The Labute approximate surface area is 663 Å². The smallest absolute Gasteiger partial charge is 0.326 e. The summed E-state index contributed by atoms with van der Waals surface area (Å²) < 4.78 is 32.5. The SMILES string of the molecule is O=C(O)CCC(C(=O)O)N1CC23OC2C=CC=C3C1=O.O=C(O)CCC(C(=O)O)N1CC2=C(C1=O)C1OC1C=C2.O=C1CCC(N2C(=O)C3=C(C2=O)C2OC2C=C3)C(=O)N1.O=C1CCC(N2C(=O)C3=CC=CC4OC34C2=O)C(=O)N1.O=C1CCC(N2CC34OC3C=CC=C4C2=O)C(=O)N1.O=C1CCC(N2CC3=C(C2=O)C2OC2C=C3)C(=O)N1. The monoisotopic (exact) mass is 1630 g/mol. The summed E-state index contributed by atoms with van der Waals surface area (Å²) >= 11 is 0. The number of aliphatic carboxylic acids is 4. The molecule has 22 aliphatic rings. The second-order valence-electron chi connectivity index (χ2n) is 31.0. The molecule has 3 spiro atoms. The zero-order valence-corrected chi connectivity index (χ0v) is 61.7. The lowest BCUT2D eigenvalue weighted by Crippen LogP contribution is -2.55. The summed E-state index contributed by atoms with van der Waals surface area (Å²) in [5.41, 5.74) is 2.49. The summed E-state index contributed by atoms with van der Waals surface area (Å²) in [6, 6.07) is -5.20. The summed E-state index contributed by atoms with van der Waals surface area (Å²) in [5, 5.41) is 44.7. The van der Waals surface area contributed by atoms with E-state index in [1.54, 1.807) is 64.5 Å². The van der Waals surface area contributed by atoms with Gasteiger partial charge in [0, 0.05) is 51.6 Å². The molecule has 18 unspecified atom stereocenters. The molecule has 40 heteroatoms. The number of ether oxygens (including phenoxy) is 6. The Morgan fingerprint density at radius 3 is 1.33 bits per heavy atom. The van der Waals surface area contributed by atoms with Crippen LogP contribution in [0.4, 0.5) is 0 Å². The predicted molar refractivity (Wildman–Crippen MR) is 381 cm³/mol. The number of allylic oxidation sites excluding steroid dienone is 6. The lowest BCUT2D eigenvalue weighted by Gasteiger charge is -2.29. The number of nitrogens with zero attached hydrogens (tertiary/aromatic N) is 6. The van der Waals surface area contributed by atoms with Crippen molar-refractivity contribution in [3.8, 4) is 0 Å². The number of imide groups is 6. The molecule has 6 aliphatic carbocycles. The number of amides is 16. The molecule has 118 heavy (non-hydrogen) atoms. The minimum atomic E-state index is -1.21. The van der Waals surface area contributed by atoms with Crippen LogP contribution in [0.3, 0.4) is 0 Å². The topological polar surface area (TPSA) is 565 Å². The molecule has 18 atom stereocenters. The molecule has 0 saturated carbocycles. The molecular weight excluding hydrogens is 1560 g/mol. The van der Waals surface area contributed by atoms with Crippen LogP contribution in [-0.4, -0.2) is 302 Å². The van der Waals surface area contributed by atoms with Crippen molar-refractivity contribution in [3.05, 3.63) is 141 Å². The van der Waals surface area contributed by atoms with E-state index in [2.05, 4.69) is 21.3 Å². The van der Waals surface area contributed by atoms with Gasteiger partial charge in [-0.15, -0.1) is 0 Å². The van der Waals surface area contributed by atoms with E-state index < -0.39 is 118 Å². The highest BCUT2D eigenvalue weighted by Crippen LogP contribution is 2.55. The second kappa shape index (κ2) is 28.9. The molecule has 22 rings (SSSR count). The number of carboxylic acid groups (broad SMARTS) is 4. The zero-order chi connectivity index (χ0) is 83.4. The molecule has 0 bridgehead atoms. The van der Waals surface area contributed by atoms with Gasteiger partial charge in [0.2, 0.25) is 52.9 Å². The van der Waals surface area contributed by atoms with E-state index in [-0.39, 0.29) is 191 Å². The zero-order valence-electron chi connectivity index (χ0n) is 61.7. The fraction of sp³-hybridized carbons (Fsp3) is 0.436. The molecule has 0 aromatic heterocycles. The molecule has 0 aromatic carbocycles. The minimum Gasteiger partial charge on any atom is -0.481 e. The Morgan fingerprint density at radius 1 is 0.415 bits per heavy atom. The highest BCUT2D eigenvalue weighted by molar-refractivity contribution is 6.25. The highest BCUT2D eigenvalue weighted by atomic mass is 16.6. The largest absolute Gasteiger partial charge is 0.481 e. The quantitative estimate of drug-likeness (QED) is 0.0602. The van der Waals surface area contributed by atoms with Crippen molar-refractivity contribution in [3.63, 3.8) is 0 Å². The third-order valence-electron chi connectivity index (χ3n) is 24.1. The van der Waals surface area contributed by atoms with Crippen molar-refractivity contribution in [2.24, 2.45) is 0 Å². The Kier molecular flexibility index (Phi) is 19.0. The summed E-state index contributed by atoms with van der Waals surface area (Å²) in [6.07, 6.45) is 26.0. The van der Waals surface area contributed by atoms with Gasteiger partial charge in [-0.1, -0.05) is 91.1 Å². The number of nitrogens with one attached hydrogen (secondary N) is 4. The van der Waals surface area contributed by atoms with E-state index in [1.165, 1.54) is 9.80 Å². The number of carbonyl (C=O) groups is 20. The second-order valence-corrected chi connectivity index (χ2v) is 31.0. The molecule has 0 radical (unpaired) electrons. The van der Waals surface area contributed by atoms with Crippen LogP contribution in [0.25, 0.3) is 0 Å². The maximum Gasteiger partial charge on any atom is 0.326 e. The van der Waals surface area contributed by atoms with Crippen LogP contribution in [-0.2, 0) is 124 Å². The van der Waals surface area contributed by atoms with Crippen molar-refractivity contribution in [1.82, 2.24) is 50.7 Å². The van der Waals surface area contributed by atoms with E-state index in [1.807, 2.05) is 36.5 Å².